The highest BCUT2D eigenvalue weighted by molar-refractivity contribution is 4.84. The fourth-order valence-corrected chi connectivity index (χ4v) is 1.12. The number of nitrogens with zero attached hydrogens (tertiary/aromatic N) is 3. The van der Waals surface area contributed by atoms with Crippen molar-refractivity contribution in [2.75, 3.05) is 20.1 Å². The van der Waals surface area contributed by atoms with Gasteiger partial charge in [-0.3, -0.25) is 25.1 Å². The molecule has 1 saturated heterocycles. The summed E-state index contributed by atoms with van der Waals surface area (Å²) in [6.45, 7) is -0.208. The molecule has 11 heavy (non-hydrogen) atoms. The van der Waals surface area contributed by atoms with Crippen molar-refractivity contribution in [3.63, 3.8) is 0 Å². The molecular formula is C4H7N3O4. The molecule has 0 aromatic rings. The van der Waals surface area contributed by atoms with Crippen LogP contribution in [0.5, 0.6) is 0 Å². The van der Waals surface area contributed by atoms with E-state index in [0.717, 1.165) is 0 Å². The lowest BCUT2D eigenvalue weighted by Crippen LogP contribution is -2.68. The number of hydrogen-bond acceptors (Lipinski definition) is 5. The first-order valence-electron chi connectivity index (χ1n) is 2.96. The molecule has 0 aliphatic carbocycles. The molecule has 0 amide bonds. The van der Waals surface area contributed by atoms with Gasteiger partial charge in [0, 0.05) is 0 Å². The fourth-order valence-electron chi connectivity index (χ4n) is 1.12. The van der Waals surface area contributed by atoms with Gasteiger partial charge < -0.3 is 0 Å². The van der Waals surface area contributed by atoms with Crippen molar-refractivity contribution in [3.8, 4) is 0 Å². The van der Waals surface area contributed by atoms with Gasteiger partial charge in [0.25, 0.3) is 0 Å². The number of nitro groups is 2. The van der Waals surface area contributed by atoms with Gasteiger partial charge in [-0.05, 0) is 7.05 Å². The molecule has 62 valence electrons. The normalized spacial score (nSPS) is 22.3. The minimum absolute atomic E-state index is 0.104. The van der Waals surface area contributed by atoms with Crippen LogP contribution >= 0.6 is 0 Å². The van der Waals surface area contributed by atoms with Crippen LogP contribution in [0.1, 0.15) is 0 Å². The Labute approximate surface area is 61.9 Å². The predicted octanol–water partition coefficient (Wildman–Crippen LogP) is -0.818. The summed E-state index contributed by atoms with van der Waals surface area (Å²) in [5.74, 6) is 0. The highest BCUT2D eigenvalue weighted by Crippen LogP contribution is 2.22. The number of rotatable bonds is 2. The van der Waals surface area contributed by atoms with Gasteiger partial charge in [0.2, 0.25) is 0 Å². The van der Waals surface area contributed by atoms with Crippen LogP contribution in [0, 0.1) is 20.2 Å². The second-order valence-corrected chi connectivity index (χ2v) is 2.67. The Balaban J connectivity index is 2.77. The molecule has 0 saturated carbocycles. The first-order valence-corrected chi connectivity index (χ1v) is 2.96. The summed E-state index contributed by atoms with van der Waals surface area (Å²) in [5.41, 5.74) is -1.94. The monoisotopic (exact) mass is 161 g/mol. The van der Waals surface area contributed by atoms with Crippen molar-refractivity contribution in [2.24, 2.45) is 0 Å². The van der Waals surface area contributed by atoms with Crippen LogP contribution < -0.4 is 0 Å². The van der Waals surface area contributed by atoms with Crippen molar-refractivity contribution in [1.29, 1.82) is 0 Å². The molecule has 0 N–H and O–H groups in total. The summed E-state index contributed by atoms with van der Waals surface area (Å²) in [4.78, 5) is 20.3. The van der Waals surface area contributed by atoms with Crippen LogP contribution in [0.3, 0.4) is 0 Å². The highest BCUT2D eigenvalue weighted by Gasteiger charge is 2.64. The lowest BCUT2D eigenvalue weighted by Gasteiger charge is -2.32. The van der Waals surface area contributed by atoms with E-state index in [2.05, 4.69) is 0 Å². The largest absolute Gasteiger partial charge is 0.482 e. The average Bonchev–Trinajstić information content (AvgIpc) is 1.78. The number of hydrogen-bond donors (Lipinski definition) is 0. The van der Waals surface area contributed by atoms with E-state index in [0.29, 0.717) is 0 Å². The number of likely N-dealkylation sites (tertiary alicyclic amines) is 1. The van der Waals surface area contributed by atoms with Crippen molar-refractivity contribution >= 4 is 0 Å². The van der Waals surface area contributed by atoms with Gasteiger partial charge in [-0.15, -0.1) is 0 Å². The predicted molar refractivity (Wildman–Crippen MR) is 34.2 cm³/mol. The van der Waals surface area contributed by atoms with Crippen molar-refractivity contribution in [1.82, 2.24) is 4.90 Å². The lowest BCUT2D eigenvalue weighted by molar-refractivity contribution is -0.810. The third-order valence-electron chi connectivity index (χ3n) is 1.73. The van der Waals surface area contributed by atoms with Gasteiger partial charge in [0.1, 0.15) is 22.9 Å². The maximum Gasteiger partial charge on any atom is 0.482 e. The molecule has 0 bridgehead atoms. The summed E-state index contributed by atoms with van der Waals surface area (Å²) in [7, 11) is 1.60. The zero-order chi connectivity index (χ0) is 8.65. The Morgan fingerprint density at radius 1 is 1.27 bits per heavy atom. The molecule has 0 radical (unpaired) electrons. The van der Waals surface area contributed by atoms with Gasteiger partial charge in [0.05, 0.1) is 0 Å². The molecule has 1 fully saturated rings. The molecule has 1 heterocycles. The van der Waals surface area contributed by atoms with Crippen LogP contribution in [0.25, 0.3) is 0 Å². The van der Waals surface area contributed by atoms with Crippen LogP contribution in [-0.2, 0) is 0 Å². The minimum Gasteiger partial charge on any atom is -0.280 e. The summed E-state index contributed by atoms with van der Waals surface area (Å²) >= 11 is 0. The van der Waals surface area contributed by atoms with E-state index in [4.69, 9.17) is 0 Å². The SMILES string of the molecule is CN1CC([N+](=O)[O-])([N+](=O)[O-])C1. The Kier molecular flexibility index (Phi) is 1.52. The zero-order valence-electron chi connectivity index (χ0n) is 5.89. The van der Waals surface area contributed by atoms with E-state index >= 15 is 0 Å². The topological polar surface area (TPSA) is 89.5 Å². The summed E-state index contributed by atoms with van der Waals surface area (Å²) < 4.78 is 0. The van der Waals surface area contributed by atoms with Crippen LogP contribution in [-0.4, -0.2) is 40.5 Å². The maximum atomic E-state index is 10.2. The maximum absolute atomic E-state index is 10.2. The Morgan fingerprint density at radius 3 is 1.73 bits per heavy atom. The van der Waals surface area contributed by atoms with E-state index in [9.17, 15) is 20.2 Å². The zero-order valence-corrected chi connectivity index (χ0v) is 5.89. The van der Waals surface area contributed by atoms with Crippen molar-refractivity contribution in [2.45, 2.75) is 5.66 Å². The van der Waals surface area contributed by atoms with Gasteiger partial charge in [0.15, 0.2) is 0 Å². The molecule has 0 atom stereocenters. The first-order chi connectivity index (χ1) is 4.99. The molecule has 7 nitrogen and oxygen atoms in total. The van der Waals surface area contributed by atoms with E-state index in [1.165, 1.54) is 4.90 Å². The van der Waals surface area contributed by atoms with Crippen molar-refractivity contribution in [3.05, 3.63) is 20.2 Å². The first kappa shape index (κ1) is 7.86. The molecule has 0 aromatic carbocycles. The summed E-state index contributed by atoms with van der Waals surface area (Å²) in [5, 5.41) is 20.5. The Bertz CT molecular complexity index is 193. The fraction of sp³-hybridized carbons (Fsp3) is 1.00. The Morgan fingerprint density at radius 2 is 1.64 bits per heavy atom. The minimum atomic E-state index is -1.94. The Hall–Kier alpha value is -1.24. The molecule has 0 aromatic heterocycles. The highest BCUT2D eigenvalue weighted by atomic mass is 16.7. The van der Waals surface area contributed by atoms with E-state index in [1.54, 1.807) is 7.05 Å². The molecule has 0 spiro atoms. The number of likely N-dealkylation sites (N-methyl/N-ethyl adjacent to an activating group) is 1. The standard InChI is InChI=1S/C4H7N3O4/c1-5-2-4(3-5,6(8)9)7(10)11/h2-3H2,1H3. The van der Waals surface area contributed by atoms with E-state index in [1.807, 2.05) is 0 Å². The third-order valence-corrected chi connectivity index (χ3v) is 1.73. The lowest BCUT2D eigenvalue weighted by atomic mass is 10.0. The molecule has 0 unspecified atom stereocenters. The van der Waals surface area contributed by atoms with Gasteiger partial charge >= 0.3 is 5.66 Å². The smallest absolute Gasteiger partial charge is 0.280 e. The summed E-state index contributed by atoms with van der Waals surface area (Å²) in [6, 6.07) is 0. The second kappa shape index (κ2) is 2.12. The molecule has 1 rings (SSSR count). The van der Waals surface area contributed by atoms with Crippen LogP contribution in [0.4, 0.5) is 0 Å². The molecule has 1 aliphatic heterocycles. The van der Waals surface area contributed by atoms with E-state index < -0.39 is 15.5 Å². The van der Waals surface area contributed by atoms with Gasteiger partial charge in [-0.1, -0.05) is 0 Å². The summed E-state index contributed by atoms with van der Waals surface area (Å²) in [6.07, 6.45) is 0. The molecule has 1 aliphatic rings. The quantitative estimate of drug-likeness (QED) is 0.300. The third kappa shape index (κ3) is 0.929. The van der Waals surface area contributed by atoms with Crippen molar-refractivity contribution < 1.29 is 9.85 Å². The van der Waals surface area contributed by atoms with Crippen LogP contribution in [0.2, 0.25) is 0 Å². The molecular weight excluding hydrogens is 154 g/mol. The van der Waals surface area contributed by atoms with E-state index in [-0.39, 0.29) is 13.1 Å². The second-order valence-electron chi connectivity index (χ2n) is 2.67. The average molecular weight is 161 g/mol. The molecule has 7 heteroatoms. The van der Waals surface area contributed by atoms with Gasteiger partial charge in [-0.2, -0.15) is 0 Å². The van der Waals surface area contributed by atoms with Crippen LogP contribution in [0.15, 0.2) is 0 Å². The van der Waals surface area contributed by atoms with Gasteiger partial charge in [-0.25, -0.2) is 0 Å².